The van der Waals surface area contributed by atoms with Crippen LogP contribution in [0, 0.1) is 5.41 Å². The summed E-state index contributed by atoms with van der Waals surface area (Å²) >= 11 is 0. The third-order valence-electron chi connectivity index (χ3n) is 5.23. The Hall–Kier alpha value is -1.55. The van der Waals surface area contributed by atoms with E-state index in [2.05, 4.69) is 102 Å². The molecule has 0 aliphatic carbocycles. The first kappa shape index (κ1) is 27.5. The van der Waals surface area contributed by atoms with Crippen molar-refractivity contribution in [3.8, 4) is 5.75 Å². The highest BCUT2D eigenvalue weighted by molar-refractivity contribution is 5.85. The topological polar surface area (TPSA) is 21.7 Å². The van der Waals surface area contributed by atoms with Gasteiger partial charge in [0.05, 0.1) is 13.2 Å². The SMILES string of the molecule is CN(C)Cc1ccccc1CCOCCOc1ccc(C(C)(C)CC(C)(C)C)cc1.Cl. The lowest BCUT2D eigenvalue weighted by atomic mass is 9.72. The third-order valence-corrected chi connectivity index (χ3v) is 5.23. The summed E-state index contributed by atoms with van der Waals surface area (Å²) in [5, 5.41) is 0. The molecule has 0 aliphatic heterocycles. The van der Waals surface area contributed by atoms with Crippen LogP contribution in [0.4, 0.5) is 0 Å². The molecule has 0 radical (unpaired) electrons. The van der Waals surface area contributed by atoms with E-state index < -0.39 is 0 Å². The summed E-state index contributed by atoms with van der Waals surface area (Å²) in [6.45, 7) is 14.4. The Kier molecular flexibility index (Phi) is 11.1. The number of hydrogen-bond donors (Lipinski definition) is 0. The molecule has 0 unspecified atom stereocenters. The van der Waals surface area contributed by atoms with Crippen molar-refractivity contribution < 1.29 is 9.47 Å². The summed E-state index contributed by atoms with van der Waals surface area (Å²) in [6, 6.07) is 17.2. The quantitative estimate of drug-likeness (QED) is 0.366. The van der Waals surface area contributed by atoms with Crippen LogP contribution in [0.2, 0.25) is 0 Å². The second-order valence-electron chi connectivity index (χ2n) is 10.4. The Morgan fingerprint density at radius 2 is 1.39 bits per heavy atom. The maximum atomic E-state index is 5.87. The Bertz CT molecular complexity index is 764. The van der Waals surface area contributed by atoms with Crippen LogP contribution < -0.4 is 4.74 Å². The summed E-state index contributed by atoms with van der Waals surface area (Å²) < 4.78 is 11.7. The zero-order valence-electron chi connectivity index (χ0n) is 20.5. The van der Waals surface area contributed by atoms with Gasteiger partial charge in [-0.2, -0.15) is 0 Å². The second kappa shape index (κ2) is 12.5. The van der Waals surface area contributed by atoms with E-state index in [1.54, 1.807) is 0 Å². The molecule has 0 heterocycles. The average molecular weight is 448 g/mol. The molecule has 0 N–H and O–H groups in total. The molecule has 0 saturated heterocycles. The summed E-state index contributed by atoms with van der Waals surface area (Å²) in [5.41, 5.74) is 4.56. The number of halogens is 1. The molecule has 2 rings (SSSR count). The molecular weight excluding hydrogens is 406 g/mol. The molecule has 2 aromatic rings. The van der Waals surface area contributed by atoms with E-state index in [1.807, 2.05) is 0 Å². The maximum absolute atomic E-state index is 5.87. The molecule has 0 aliphatic rings. The van der Waals surface area contributed by atoms with Gasteiger partial charge in [-0.25, -0.2) is 0 Å². The van der Waals surface area contributed by atoms with Gasteiger partial charge in [-0.05, 0) is 66.6 Å². The number of rotatable bonds is 11. The Morgan fingerprint density at radius 1 is 0.774 bits per heavy atom. The van der Waals surface area contributed by atoms with E-state index >= 15 is 0 Å². The molecule has 3 nitrogen and oxygen atoms in total. The molecule has 4 heteroatoms. The largest absolute Gasteiger partial charge is 0.491 e. The summed E-state index contributed by atoms with van der Waals surface area (Å²) in [4.78, 5) is 2.20. The highest BCUT2D eigenvalue weighted by atomic mass is 35.5. The molecular formula is C27H42ClNO2. The smallest absolute Gasteiger partial charge is 0.119 e. The van der Waals surface area contributed by atoms with Crippen molar-refractivity contribution in [2.24, 2.45) is 5.41 Å². The van der Waals surface area contributed by atoms with Crippen LogP contribution >= 0.6 is 12.4 Å². The minimum Gasteiger partial charge on any atom is -0.491 e. The first-order chi connectivity index (χ1) is 14.1. The number of nitrogens with zero attached hydrogens (tertiary/aromatic N) is 1. The van der Waals surface area contributed by atoms with Gasteiger partial charge in [0.15, 0.2) is 0 Å². The Labute approximate surface area is 196 Å². The fourth-order valence-corrected chi connectivity index (χ4v) is 4.23. The number of ether oxygens (including phenoxy) is 2. The lowest BCUT2D eigenvalue weighted by Crippen LogP contribution is -2.24. The van der Waals surface area contributed by atoms with Crippen LogP contribution in [0.25, 0.3) is 0 Å². The van der Waals surface area contributed by atoms with E-state index in [0.717, 1.165) is 25.1 Å². The van der Waals surface area contributed by atoms with Crippen LogP contribution in [0.3, 0.4) is 0 Å². The number of benzene rings is 2. The maximum Gasteiger partial charge on any atom is 0.119 e. The summed E-state index contributed by atoms with van der Waals surface area (Å²) in [6.07, 6.45) is 2.08. The van der Waals surface area contributed by atoms with Crippen molar-refractivity contribution in [1.29, 1.82) is 0 Å². The lowest BCUT2D eigenvalue weighted by molar-refractivity contribution is 0.102. The van der Waals surface area contributed by atoms with Crippen LogP contribution in [0.5, 0.6) is 5.75 Å². The van der Waals surface area contributed by atoms with Gasteiger partial charge in [0, 0.05) is 6.54 Å². The number of hydrogen-bond acceptors (Lipinski definition) is 3. The van der Waals surface area contributed by atoms with E-state index in [-0.39, 0.29) is 17.8 Å². The monoisotopic (exact) mass is 447 g/mol. The van der Waals surface area contributed by atoms with E-state index in [0.29, 0.717) is 25.2 Å². The van der Waals surface area contributed by atoms with Crippen LogP contribution in [0.15, 0.2) is 48.5 Å². The first-order valence-electron chi connectivity index (χ1n) is 11.1. The standard InChI is InChI=1S/C27H41NO2.ClH/c1-26(2,3)21-27(4,5)24-12-14-25(15-13-24)30-19-18-29-17-16-22-10-8-9-11-23(22)20-28(6)7;/h8-15H,16-21H2,1-7H3;1H. The van der Waals surface area contributed by atoms with Crippen LogP contribution in [-0.4, -0.2) is 38.8 Å². The molecule has 0 fully saturated rings. The van der Waals surface area contributed by atoms with Crippen molar-refractivity contribution in [2.75, 3.05) is 33.9 Å². The Balaban J connectivity index is 0.00000480. The van der Waals surface area contributed by atoms with Gasteiger partial charge in [-0.3, -0.25) is 0 Å². The van der Waals surface area contributed by atoms with Crippen LogP contribution in [0.1, 0.15) is 57.7 Å². The Morgan fingerprint density at radius 3 is 1.97 bits per heavy atom. The summed E-state index contributed by atoms with van der Waals surface area (Å²) in [7, 11) is 4.20. The zero-order chi connectivity index (χ0) is 22.2. The lowest BCUT2D eigenvalue weighted by Gasteiger charge is -2.33. The minimum absolute atomic E-state index is 0. The molecule has 0 aromatic heterocycles. The van der Waals surface area contributed by atoms with Gasteiger partial charge in [-0.15, -0.1) is 12.4 Å². The molecule has 2 aromatic carbocycles. The molecule has 0 bridgehead atoms. The van der Waals surface area contributed by atoms with Crippen molar-refractivity contribution in [3.05, 3.63) is 65.2 Å². The molecule has 174 valence electrons. The molecule has 0 amide bonds. The van der Waals surface area contributed by atoms with Gasteiger partial charge in [-0.1, -0.05) is 71.0 Å². The van der Waals surface area contributed by atoms with Crippen molar-refractivity contribution in [2.45, 2.75) is 59.4 Å². The van der Waals surface area contributed by atoms with Gasteiger partial charge < -0.3 is 14.4 Å². The average Bonchev–Trinajstić information content (AvgIpc) is 2.64. The predicted octanol–water partition coefficient (Wildman–Crippen LogP) is 6.52. The normalized spacial score (nSPS) is 12.0. The van der Waals surface area contributed by atoms with Crippen molar-refractivity contribution >= 4 is 12.4 Å². The molecule has 0 saturated carbocycles. The molecule has 0 spiro atoms. The van der Waals surface area contributed by atoms with Crippen LogP contribution in [-0.2, 0) is 23.1 Å². The molecule has 0 atom stereocenters. The van der Waals surface area contributed by atoms with Gasteiger partial charge in [0.25, 0.3) is 0 Å². The van der Waals surface area contributed by atoms with Crippen molar-refractivity contribution in [1.82, 2.24) is 4.90 Å². The highest BCUT2D eigenvalue weighted by Gasteiger charge is 2.27. The van der Waals surface area contributed by atoms with Gasteiger partial charge in [0.2, 0.25) is 0 Å². The third kappa shape index (κ3) is 10.1. The van der Waals surface area contributed by atoms with Gasteiger partial charge in [0.1, 0.15) is 12.4 Å². The fraction of sp³-hybridized carbons (Fsp3) is 0.556. The minimum atomic E-state index is 0. The second-order valence-corrected chi connectivity index (χ2v) is 10.4. The first-order valence-corrected chi connectivity index (χ1v) is 11.1. The van der Waals surface area contributed by atoms with Crippen molar-refractivity contribution in [3.63, 3.8) is 0 Å². The van der Waals surface area contributed by atoms with E-state index in [1.165, 1.54) is 16.7 Å². The zero-order valence-corrected chi connectivity index (χ0v) is 21.3. The molecule has 31 heavy (non-hydrogen) atoms. The van der Waals surface area contributed by atoms with E-state index in [4.69, 9.17) is 9.47 Å². The van der Waals surface area contributed by atoms with Gasteiger partial charge >= 0.3 is 0 Å². The fourth-order valence-electron chi connectivity index (χ4n) is 4.23. The predicted molar refractivity (Wildman–Crippen MR) is 135 cm³/mol. The highest BCUT2D eigenvalue weighted by Crippen LogP contribution is 2.36. The summed E-state index contributed by atoms with van der Waals surface area (Å²) in [5.74, 6) is 0.908. The van der Waals surface area contributed by atoms with E-state index in [9.17, 15) is 0 Å².